The van der Waals surface area contributed by atoms with Crippen LogP contribution < -0.4 is 15.4 Å². The first-order valence-corrected chi connectivity index (χ1v) is 9.81. The van der Waals surface area contributed by atoms with E-state index in [9.17, 15) is 14.0 Å². The number of nitrogens with one attached hydrogen (secondary N) is 2. The Morgan fingerprint density at radius 3 is 2.70 bits per heavy atom. The van der Waals surface area contributed by atoms with Gasteiger partial charge in [-0.2, -0.15) is 0 Å². The van der Waals surface area contributed by atoms with Gasteiger partial charge in [-0.15, -0.1) is 11.8 Å². The summed E-state index contributed by atoms with van der Waals surface area (Å²) < 4.78 is 18.5. The van der Waals surface area contributed by atoms with E-state index in [1.807, 2.05) is 19.1 Å². The fourth-order valence-corrected chi connectivity index (χ4v) is 3.98. The van der Waals surface area contributed by atoms with Crippen LogP contribution in [0.15, 0.2) is 48.5 Å². The Hall–Kier alpha value is -2.54. The van der Waals surface area contributed by atoms with E-state index < -0.39 is 6.04 Å². The van der Waals surface area contributed by atoms with Crippen LogP contribution in [0.5, 0.6) is 5.75 Å². The molecular formula is C20H21FN2O3S. The molecule has 0 aliphatic carbocycles. The molecular weight excluding hydrogens is 367 g/mol. The van der Waals surface area contributed by atoms with Crippen LogP contribution in [0.3, 0.4) is 0 Å². The third kappa shape index (κ3) is 5.01. The molecule has 2 aromatic carbocycles. The summed E-state index contributed by atoms with van der Waals surface area (Å²) >= 11 is 1.43. The molecule has 27 heavy (non-hydrogen) atoms. The first kappa shape index (κ1) is 19.2. The first-order chi connectivity index (χ1) is 13.1. The molecule has 2 N–H and O–H groups in total. The zero-order valence-electron chi connectivity index (χ0n) is 14.9. The number of anilines is 1. The highest BCUT2D eigenvalue weighted by molar-refractivity contribution is 8.00. The van der Waals surface area contributed by atoms with Crippen molar-refractivity contribution >= 4 is 29.3 Å². The molecule has 142 valence electrons. The molecule has 2 aromatic rings. The molecule has 1 aliphatic heterocycles. The molecule has 2 amide bonds. The molecule has 0 radical (unpaired) electrons. The highest BCUT2D eigenvalue weighted by Gasteiger charge is 2.32. The van der Waals surface area contributed by atoms with Gasteiger partial charge >= 0.3 is 0 Å². The Kier molecular flexibility index (Phi) is 6.34. The summed E-state index contributed by atoms with van der Waals surface area (Å²) in [5.41, 5.74) is 1.47. The van der Waals surface area contributed by atoms with E-state index in [0.717, 1.165) is 5.56 Å². The largest absolute Gasteiger partial charge is 0.492 e. The number of halogens is 1. The van der Waals surface area contributed by atoms with Crippen LogP contribution in [-0.4, -0.2) is 35.5 Å². The van der Waals surface area contributed by atoms with Crippen LogP contribution in [0.25, 0.3) is 0 Å². The molecule has 3 rings (SSSR count). The number of rotatable bonds is 6. The van der Waals surface area contributed by atoms with Crippen molar-refractivity contribution in [3.63, 3.8) is 0 Å². The first-order valence-electron chi connectivity index (χ1n) is 8.76. The summed E-state index contributed by atoms with van der Waals surface area (Å²) in [5.74, 6) is 0.304. The Bertz CT molecular complexity index is 813. The number of benzene rings is 2. The fourth-order valence-electron chi connectivity index (χ4n) is 2.79. The lowest BCUT2D eigenvalue weighted by molar-refractivity contribution is -0.126. The molecule has 0 spiro atoms. The minimum Gasteiger partial charge on any atom is -0.492 e. The van der Waals surface area contributed by atoms with Crippen molar-refractivity contribution in [3.8, 4) is 5.75 Å². The summed E-state index contributed by atoms with van der Waals surface area (Å²) in [6, 6.07) is 12.7. The highest BCUT2D eigenvalue weighted by Crippen LogP contribution is 2.26. The lowest BCUT2D eigenvalue weighted by Crippen LogP contribution is -2.52. The van der Waals surface area contributed by atoms with Crippen LogP contribution in [0.1, 0.15) is 12.5 Å². The Morgan fingerprint density at radius 2 is 2.00 bits per heavy atom. The molecule has 1 aliphatic rings. The van der Waals surface area contributed by atoms with E-state index in [2.05, 4.69) is 10.6 Å². The average molecular weight is 388 g/mol. The number of para-hydroxylation sites is 2. The third-order valence-corrected chi connectivity index (χ3v) is 5.48. The van der Waals surface area contributed by atoms with E-state index in [4.69, 9.17) is 4.74 Å². The van der Waals surface area contributed by atoms with Gasteiger partial charge < -0.3 is 15.4 Å². The topological polar surface area (TPSA) is 67.4 Å². The van der Waals surface area contributed by atoms with E-state index in [1.165, 1.54) is 23.9 Å². The van der Waals surface area contributed by atoms with Gasteiger partial charge in [0.25, 0.3) is 0 Å². The van der Waals surface area contributed by atoms with Gasteiger partial charge in [0, 0.05) is 5.75 Å². The van der Waals surface area contributed by atoms with Gasteiger partial charge in [0.1, 0.15) is 17.6 Å². The van der Waals surface area contributed by atoms with Gasteiger partial charge in [-0.25, -0.2) is 4.39 Å². The number of hydrogen-bond acceptors (Lipinski definition) is 4. The van der Waals surface area contributed by atoms with Crippen LogP contribution in [0.2, 0.25) is 0 Å². The Labute approximate surface area is 161 Å². The summed E-state index contributed by atoms with van der Waals surface area (Å²) in [6.45, 7) is 2.37. The maximum Gasteiger partial charge on any atom is 0.247 e. The smallest absolute Gasteiger partial charge is 0.247 e. The summed E-state index contributed by atoms with van der Waals surface area (Å²) in [5, 5.41) is 5.31. The summed E-state index contributed by atoms with van der Waals surface area (Å²) in [4.78, 5) is 24.9. The van der Waals surface area contributed by atoms with Crippen molar-refractivity contribution in [2.45, 2.75) is 24.6 Å². The average Bonchev–Trinajstić information content (AvgIpc) is 2.67. The number of ether oxygens (including phenoxy) is 1. The van der Waals surface area contributed by atoms with Crippen molar-refractivity contribution in [2.24, 2.45) is 0 Å². The minimum absolute atomic E-state index is 0.186. The minimum atomic E-state index is -0.610. The quantitative estimate of drug-likeness (QED) is 0.798. The van der Waals surface area contributed by atoms with Crippen LogP contribution in [0.4, 0.5) is 10.1 Å². The molecule has 7 heteroatoms. The molecule has 1 saturated heterocycles. The number of carbonyl (C=O) groups is 2. The fraction of sp³-hybridized carbons (Fsp3) is 0.300. The van der Waals surface area contributed by atoms with Crippen molar-refractivity contribution < 1.29 is 18.7 Å². The molecule has 0 saturated carbocycles. The van der Waals surface area contributed by atoms with Crippen molar-refractivity contribution in [2.75, 3.05) is 17.7 Å². The van der Waals surface area contributed by atoms with Crippen LogP contribution >= 0.6 is 11.8 Å². The summed E-state index contributed by atoms with van der Waals surface area (Å²) in [6.07, 6.45) is 0.498. The zero-order valence-corrected chi connectivity index (χ0v) is 15.7. The molecule has 0 aromatic heterocycles. The second-order valence-electron chi connectivity index (χ2n) is 6.13. The highest BCUT2D eigenvalue weighted by atomic mass is 32.2. The number of carbonyl (C=O) groups excluding carboxylic acids is 2. The van der Waals surface area contributed by atoms with Crippen LogP contribution in [0, 0.1) is 5.82 Å². The van der Waals surface area contributed by atoms with E-state index in [-0.39, 0.29) is 22.9 Å². The predicted octanol–water partition coefficient (Wildman–Crippen LogP) is 3.01. The van der Waals surface area contributed by atoms with Crippen molar-refractivity contribution in [3.05, 3.63) is 59.9 Å². The molecule has 5 nitrogen and oxygen atoms in total. The molecule has 0 unspecified atom stereocenters. The van der Waals surface area contributed by atoms with Gasteiger partial charge in [-0.05, 0) is 43.2 Å². The van der Waals surface area contributed by atoms with E-state index in [1.54, 1.807) is 24.3 Å². The maximum atomic E-state index is 13.0. The molecule has 2 atom stereocenters. The van der Waals surface area contributed by atoms with Gasteiger partial charge in [0.2, 0.25) is 11.8 Å². The predicted molar refractivity (Wildman–Crippen MR) is 105 cm³/mol. The standard InChI is InChI=1S/C20H21FN2O3S/c1-2-26-17-6-4-3-5-15(17)22-19(24)16-12-27-18(20(25)23-16)11-13-7-9-14(21)10-8-13/h3-10,16,18H,2,11-12H2,1H3,(H,22,24)(H,23,25)/t16-,18+/m0/s1. The monoisotopic (exact) mass is 388 g/mol. The van der Waals surface area contributed by atoms with Crippen molar-refractivity contribution in [1.82, 2.24) is 5.32 Å². The van der Waals surface area contributed by atoms with Gasteiger partial charge in [0.15, 0.2) is 0 Å². The number of hydrogen-bond donors (Lipinski definition) is 2. The van der Waals surface area contributed by atoms with Gasteiger partial charge in [0.05, 0.1) is 17.5 Å². The normalized spacial score (nSPS) is 19.3. The number of thioether (sulfide) groups is 1. The van der Waals surface area contributed by atoms with Crippen molar-refractivity contribution in [1.29, 1.82) is 0 Å². The zero-order chi connectivity index (χ0) is 19.2. The van der Waals surface area contributed by atoms with E-state index >= 15 is 0 Å². The second-order valence-corrected chi connectivity index (χ2v) is 7.37. The second kappa shape index (κ2) is 8.90. The Morgan fingerprint density at radius 1 is 1.26 bits per heavy atom. The maximum absolute atomic E-state index is 13.0. The molecule has 0 bridgehead atoms. The SMILES string of the molecule is CCOc1ccccc1NC(=O)[C@@H]1CS[C@H](Cc2ccc(F)cc2)C(=O)N1. The van der Waals surface area contributed by atoms with E-state index in [0.29, 0.717) is 30.2 Å². The lowest BCUT2D eigenvalue weighted by Gasteiger charge is -2.28. The summed E-state index contributed by atoms with van der Waals surface area (Å²) in [7, 11) is 0. The van der Waals surface area contributed by atoms with Gasteiger partial charge in [-0.1, -0.05) is 24.3 Å². The Balaban J connectivity index is 1.58. The third-order valence-electron chi connectivity index (χ3n) is 4.17. The molecule has 1 fully saturated rings. The lowest BCUT2D eigenvalue weighted by atomic mass is 10.1. The van der Waals surface area contributed by atoms with Crippen LogP contribution in [-0.2, 0) is 16.0 Å². The molecule has 1 heterocycles. The number of amides is 2. The van der Waals surface area contributed by atoms with Gasteiger partial charge in [-0.3, -0.25) is 9.59 Å².